The van der Waals surface area contributed by atoms with E-state index in [4.69, 9.17) is 4.74 Å². The van der Waals surface area contributed by atoms with E-state index in [2.05, 4.69) is 66.3 Å². The van der Waals surface area contributed by atoms with E-state index in [0.29, 0.717) is 6.10 Å². The van der Waals surface area contributed by atoms with Crippen LogP contribution in [0.2, 0.25) is 0 Å². The van der Waals surface area contributed by atoms with Crippen molar-refractivity contribution in [1.82, 2.24) is 4.98 Å². The number of ether oxygens (including phenoxy) is 1. The van der Waals surface area contributed by atoms with Crippen LogP contribution in [0.5, 0.6) is 0 Å². The summed E-state index contributed by atoms with van der Waals surface area (Å²) in [6.45, 7) is 6.03. The van der Waals surface area contributed by atoms with Gasteiger partial charge < -0.3 is 10.1 Å². The third kappa shape index (κ3) is 3.31. The van der Waals surface area contributed by atoms with Crippen molar-refractivity contribution in [2.45, 2.75) is 44.9 Å². The van der Waals surface area contributed by atoms with E-state index in [1.807, 2.05) is 12.3 Å². The van der Waals surface area contributed by atoms with Crippen molar-refractivity contribution >= 4 is 22.7 Å². The number of nitrogens with zero attached hydrogens (tertiary/aromatic N) is 1. The molecule has 2 heterocycles. The molecule has 0 spiro atoms. The molecule has 2 fully saturated rings. The van der Waals surface area contributed by atoms with Crippen LogP contribution in [-0.4, -0.2) is 17.3 Å². The summed E-state index contributed by atoms with van der Waals surface area (Å²) in [5, 5.41) is 5.80. The van der Waals surface area contributed by atoms with Crippen LogP contribution in [0.25, 0.3) is 28.0 Å². The van der Waals surface area contributed by atoms with Gasteiger partial charge in [0.1, 0.15) is 11.9 Å². The highest BCUT2D eigenvalue weighted by Crippen LogP contribution is 2.39. The number of aryl methyl sites for hydroxylation is 1. The van der Waals surface area contributed by atoms with Crippen molar-refractivity contribution in [2.24, 2.45) is 5.92 Å². The summed E-state index contributed by atoms with van der Waals surface area (Å²) in [7, 11) is 0. The fraction of sp³-hybridized carbons (Fsp3) is 0.320. The molecular weight excluding hydrogens is 344 g/mol. The monoisotopic (exact) mass is 370 g/mol. The number of anilines is 1. The van der Waals surface area contributed by atoms with Gasteiger partial charge in [-0.25, -0.2) is 4.98 Å². The fourth-order valence-corrected chi connectivity index (χ4v) is 4.50. The predicted molar refractivity (Wildman–Crippen MR) is 116 cm³/mol. The summed E-state index contributed by atoms with van der Waals surface area (Å²) < 4.78 is 5.87. The van der Waals surface area contributed by atoms with E-state index in [-0.39, 0.29) is 6.23 Å². The number of aromatic nitrogens is 1. The maximum Gasteiger partial charge on any atom is 0.156 e. The van der Waals surface area contributed by atoms with Gasteiger partial charge in [0.2, 0.25) is 0 Å². The number of hydrogen-bond acceptors (Lipinski definition) is 3. The van der Waals surface area contributed by atoms with Gasteiger partial charge in [0.25, 0.3) is 0 Å². The standard InChI is InChI=1S/C25H26N2O/c1-3-17-9-8-16(2)22(12-17)20-11-10-19-14-23(26-15-21(19)13-20)27-25-24(28-25)18-6-4-5-7-18/h3,8-15,18,24-25H,1,4-7H2,2H3,(H,26,27). The van der Waals surface area contributed by atoms with Gasteiger partial charge in [-0.3, -0.25) is 0 Å². The third-order valence-electron chi connectivity index (χ3n) is 6.21. The first-order chi connectivity index (χ1) is 13.7. The average Bonchev–Trinajstić information content (AvgIpc) is 3.26. The van der Waals surface area contributed by atoms with E-state index in [0.717, 1.165) is 22.7 Å². The van der Waals surface area contributed by atoms with Crippen LogP contribution < -0.4 is 5.32 Å². The lowest BCUT2D eigenvalue weighted by atomic mass is 9.96. The van der Waals surface area contributed by atoms with E-state index < -0.39 is 0 Å². The van der Waals surface area contributed by atoms with Gasteiger partial charge in [-0.05, 0) is 71.5 Å². The minimum Gasteiger partial charge on any atom is -0.348 e. The molecule has 0 amide bonds. The summed E-state index contributed by atoms with van der Waals surface area (Å²) in [6.07, 6.45) is 9.68. The zero-order valence-electron chi connectivity index (χ0n) is 16.3. The Morgan fingerprint density at radius 1 is 1.07 bits per heavy atom. The first kappa shape index (κ1) is 17.4. The maximum absolute atomic E-state index is 5.87. The molecule has 0 bridgehead atoms. The lowest BCUT2D eigenvalue weighted by molar-refractivity contribution is 0.321. The lowest BCUT2D eigenvalue weighted by Crippen LogP contribution is -2.13. The summed E-state index contributed by atoms with van der Waals surface area (Å²) in [5.74, 6) is 1.63. The number of rotatable bonds is 5. The van der Waals surface area contributed by atoms with E-state index >= 15 is 0 Å². The third-order valence-corrected chi connectivity index (χ3v) is 6.21. The maximum atomic E-state index is 5.87. The second kappa shape index (κ2) is 7.06. The zero-order valence-corrected chi connectivity index (χ0v) is 16.3. The molecular formula is C25H26N2O. The molecule has 28 heavy (non-hydrogen) atoms. The number of pyridine rings is 1. The summed E-state index contributed by atoms with van der Waals surface area (Å²) >= 11 is 0. The largest absolute Gasteiger partial charge is 0.348 e. The molecule has 2 unspecified atom stereocenters. The van der Waals surface area contributed by atoms with Crippen molar-refractivity contribution in [1.29, 1.82) is 0 Å². The Morgan fingerprint density at radius 3 is 2.75 bits per heavy atom. The molecule has 3 aromatic rings. The van der Waals surface area contributed by atoms with Crippen LogP contribution in [0, 0.1) is 12.8 Å². The van der Waals surface area contributed by atoms with E-state index in [1.165, 1.54) is 47.8 Å². The minimum absolute atomic E-state index is 0.136. The number of hydrogen-bond donors (Lipinski definition) is 1. The molecule has 1 aliphatic carbocycles. The normalized spacial score (nSPS) is 21.8. The van der Waals surface area contributed by atoms with Gasteiger partial charge in [0.05, 0.1) is 0 Å². The number of benzene rings is 2. The molecule has 2 aromatic carbocycles. The quantitative estimate of drug-likeness (QED) is 0.545. The molecule has 1 aliphatic heterocycles. The second-order valence-corrected chi connectivity index (χ2v) is 8.12. The average molecular weight is 370 g/mol. The number of epoxide rings is 1. The number of nitrogens with one attached hydrogen (secondary N) is 1. The first-order valence-corrected chi connectivity index (χ1v) is 10.3. The van der Waals surface area contributed by atoms with Crippen molar-refractivity contribution < 1.29 is 4.74 Å². The molecule has 0 radical (unpaired) electrons. The van der Waals surface area contributed by atoms with Gasteiger partial charge in [0.15, 0.2) is 6.23 Å². The minimum atomic E-state index is 0.136. The molecule has 2 aliphatic rings. The van der Waals surface area contributed by atoms with Crippen LogP contribution >= 0.6 is 0 Å². The summed E-state index contributed by atoms with van der Waals surface area (Å²) in [4.78, 5) is 4.63. The molecule has 1 aromatic heterocycles. The second-order valence-electron chi connectivity index (χ2n) is 8.12. The molecule has 2 atom stereocenters. The van der Waals surface area contributed by atoms with Crippen LogP contribution in [0.15, 0.2) is 55.2 Å². The highest BCUT2D eigenvalue weighted by atomic mass is 16.6. The van der Waals surface area contributed by atoms with Gasteiger partial charge in [-0.15, -0.1) is 0 Å². The van der Waals surface area contributed by atoms with Gasteiger partial charge >= 0.3 is 0 Å². The molecule has 1 saturated heterocycles. The number of fused-ring (bicyclic) bond motifs is 1. The van der Waals surface area contributed by atoms with Gasteiger partial charge in [-0.1, -0.05) is 49.8 Å². The van der Waals surface area contributed by atoms with Crippen molar-refractivity contribution in [3.63, 3.8) is 0 Å². The lowest BCUT2D eigenvalue weighted by Gasteiger charge is -2.10. The van der Waals surface area contributed by atoms with Crippen LogP contribution in [0.3, 0.4) is 0 Å². The van der Waals surface area contributed by atoms with Crippen molar-refractivity contribution in [3.05, 3.63) is 66.4 Å². The summed E-state index contributed by atoms with van der Waals surface area (Å²) in [6, 6.07) is 15.2. The van der Waals surface area contributed by atoms with E-state index in [9.17, 15) is 0 Å². The first-order valence-electron chi connectivity index (χ1n) is 10.3. The van der Waals surface area contributed by atoms with Crippen molar-refractivity contribution in [3.8, 4) is 11.1 Å². The van der Waals surface area contributed by atoms with Gasteiger partial charge in [0, 0.05) is 11.6 Å². The smallest absolute Gasteiger partial charge is 0.156 e. The Bertz CT molecular complexity index is 1040. The Balaban J connectivity index is 1.37. The van der Waals surface area contributed by atoms with Crippen LogP contribution in [0.4, 0.5) is 5.82 Å². The Labute approximate surface area is 166 Å². The SMILES string of the molecule is C=Cc1ccc(C)c(-c2ccc3cc(NC4OC4C4CCCC4)ncc3c2)c1. The zero-order chi connectivity index (χ0) is 19.1. The molecule has 3 nitrogen and oxygen atoms in total. The highest BCUT2D eigenvalue weighted by molar-refractivity contribution is 5.89. The van der Waals surface area contributed by atoms with E-state index in [1.54, 1.807) is 0 Å². The predicted octanol–water partition coefficient (Wildman–Crippen LogP) is 6.18. The molecule has 5 rings (SSSR count). The topological polar surface area (TPSA) is 37.5 Å². The van der Waals surface area contributed by atoms with Crippen LogP contribution in [-0.2, 0) is 4.74 Å². The molecule has 3 heteroatoms. The fourth-order valence-electron chi connectivity index (χ4n) is 4.50. The van der Waals surface area contributed by atoms with Crippen molar-refractivity contribution in [2.75, 3.05) is 5.32 Å². The summed E-state index contributed by atoms with van der Waals surface area (Å²) in [5.41, 5.74) is 4.86. The molecule has 1 saturated carbocycles. The Kier molecular flexibility index (Phi) is 4.40. The van der Waals surface area contributed by atoms with Gasteiger partial charge in [-0.2, -0.15) is 0 Å². The highest BCUT2D eigenvalue weighted by Gasteiger charge is 2.45. The molecule has 142 valence electrons. The Morgan fingerprint density at radius 2 is 1.93 bits per heavy atom. The molecule has 1 N–H and O–H groups in total. The van der Waals surface area contributed by atoms with Crippen LogP contribution in [0.1, 0.15) is 36.8 Å². The Hall–Kier alpha value is -2.65.